The molecule has 0 radical (unpaired) electrons. The Morgan fingerprint density at radius 3 is 2.71 bits per heavy atom. The van der Waals surface area contributed by atoms with Crippen molar-refractivity contribution in [1.82, 2.24) is 10.2 Å². The normalized spacial score (nSPS) is 10.5. The minimum atomic E-state index is -0.386. The van der Waals surface area contributed by atoms with E-state index >= 15 is 0 Å². The number of nitrogens with zero attached hydrogens (tertiary/aromatic N) is 2. The highest BCUT2D eigenvalue weighted by atomic mass is 79.9. The molecule has 0 N–H and O–H groups in total. The van der Waals surface area contributed by atoms with Crippen LogP contribution in [-0.2, 0) is 0 Å². The van der Waals surface area contributed by atoms with Crippen LogP contribution < -0.4 is 0 Å². The molecule has 0 atom stereocenters. The van der Waals surface area contributed by atoms with E-state index in [1.165, 1.54) is 6.07 Å². The van der Waals surface area contributed by atoms with Crippen molar-refractivity contribution in [1.29, 1.82) is 0 Å². The first-order chi connectivity index (χ1) is 6.66. The molecule has 1 aromatic carbocycles. The third kappa shape index (κ3) is 1.68. The molecule has 0 bridgehead atoms. The van der Waals surface area contributed by atoms with Gasteiger partial charge in [-0.3, -0.25) is 0 Å². The molecule has 0 saturated heterocycles. The summed E-state index contributed by atoms with van der Waals surface area (Å²) < 4.78 is 19.2. The number of aryl methyl sites for hydroxylation is 1. The lowest BCUT2D eigenvalue weighted by atomic mass is 10.2. The van der Waals surface area contributed by atoms with Crippen LogP contribution in [0.2, 0.25) is 0 Å². The minimum Gasteiger partial charge on any atom is -0.421 e. The highest BCUT2D eigenvalue weighted by Crippen LogP contribution is 2.24. The van der Waals surface area contributed by atoms with E-state index in [0.717, 1.165) is 0 Å². The average Bonchev–Trinajstić information content (AvgIpc) is 2.51. The van der Waals surface area contributed by atoms with E-state index in [9.17, 15) is 4.39 Å². The topological polar surface area (TPSA) is 38.9 Å². The Balaban J connectivity index is 2.52. The highest BCUT2D eigenvalue weighted by Gasteiger charge is 2.11. The van der Waals surface area contributed by atoms with Gasteiger partial charge in [0.05, 0.1) is 5.56 Å². The van der Waals surface area contributed by atoms with E-state index in [4.69, 9.17) is 4.42 Å². The van der Waals surface area contributed by atoms with E-state index in [-0.39, 0.29) is 11.7 Å². The molecule has 5 heteroatoms. The molecule has 0 unspecified atom stereocenters. The lowest BCUT2D eigenvalue weighted by molar-refractivity contribution is 0.526. The highest BCUT2D eigenvalue weighted by molar-refractivity contribution is 9.10. The first-order valence-electron chi connectivity index (χ1n) is 3.92. The standard InChI is InChI=1S/C9H6BrFN2O/c1-5-12-13-9(14-5)7-3-2-6(10)4-8(7)11/h2-4H,1H3. The van der Waals surface area contributed by atoms with Gasteiger partial charge in [0, 0.05) is 11.4 Å². The zero-order valence-corrected chi connectivity index (χ0v) is 8.88. The van der Waals surface area contributed by atoms with E-state index in [1.54, 1.807) is 19.1 Å². The van der Waals surface area contributed by atoms with Gasteiger partial charge in [-0.25, -0.2) is 4.39 Å². The van der Waals surface area contributed by atoms with Crippen molar-refractivity contribution in [3.8, 4) is 11.5 Å². The molecule has 72 valence electrons. The maximum absolute atomic E-state index is 13.4. The van der Waals surface area contributed by atoms with Crippen molar-refractivity contribution in [2.75, 3.05) is 0 Å². The van der Waals surface area contributed by atoms with Crippen molar-refractivity contribution in [3.63, 3.8) is 0 Å². The van der Waals surface area contributed by atoms with Crippen LogP contribution in [0.25, 0.3) is 11.5 Å². The minimum absolute atomic E-state index is 0.201. The first-order valence-corrected chi connectivity index (χ1v) is 4.71. The summed E-state index contributed by atoms with van der Waals surface area (Å²) in [6, 6.07) is 4.67. The van der Waals surface area contributed by atoms with Crippen LogP contribution in [-0.4, -0.2) is 10.2 Å². The zero-order valence-electron chi connectivity index (χ0n) is 7.29. The molecule has 0 aliphatic rings. The van der Waals surface area contributed by atoms with Crippen molar-refractivity contribution >= 4 is 15.9 Å². The van der Waals surface area contributed by atoms with Crippen LogP contribution in [0.1, 0.15) is 5.89 Å². The third-order valence-corrected chi connectivity index (χ3v) is 2.18. The first kappa shape index (κ1) is 9.33. The summed E-state index contributed by atoms with van der Waals surface area (Å²) in [5.41, 5.74) is 0.314. The van der Waals surface area contributed by atoms with Gasteiger partial charge in [0.25, 0.3) is 5.89 Å². The molecular weight excluding hydrogens is 251 g/mol. The molecule has 2 aromatic rings. The van der Waals surface area contributed by atoms with Gasteiger partial charge >= 0.3 is 0 Å². The van der Waals surface area contributed by atoms with E-state index < -0.39 is 0 Å². The van der Waals surface area contributed by atoms with Crippen LogP contribution in [0.3, 0.4) is 0 Å². The fourth-order valence-electron chi connectivity index (χ4n) is 1.07. The Morgan fingerprint density at radius 1 is 1.36 bits per heavy atom. The Labute approximate surface area is 88.1 Å². The smallest absolute Gasteiger partial charge is 0.250 e. The second kappa shape index (κ2) is 3.49. The number of rotatable bonds is 1. The Kier molecular flexibility index (Phi) is 2.33. The number of hydrogen-bond acceptors (Lipinski definition) is 3. The van der Waals surface area contributed by atoms with Crippen LogP contribution in [0.5, 0.6) is 0 Å². The molecule has 2 rings (SSSR count). The number of aromatic nitrogens is 2. The maximum Gasteiger partial charge on any atom is 0.250 e. The molecule has 1 aromatic heterocycles. The largest absolute Gasteiger partial charge is 0.421 e. The summed E-state index contributed by atoms with van der Waals surface area (Å²) in [7, 11) is 0. The van der Waals surface area contributed by atoms with Gasteiger partial charge < -0.3 is 4.42 Å². The van der Waals surface area contributed by atoms with Crippen LogP contribution in [0, 0.1) is 12.7 Å². The Hall–Kier alpha value is -1.23. The van der Waals surface area contributed by atoms with Gasteiger partial charge in [-0.05, 0) is 18.2 Å². The lowest BCUT2D eigenvalue weighted by Gasteiger charge is -1.97. The second-order valence-electron chi connectivity index (χ2n) is 2.75. The van der Waals surface area contributed by atoms with Crippen molar-refractivity contribution in [3.05, 3.63) is 34.4 Å². The van der Waals surface area contributed by atoms with Crippen LogP contribution >= 0.6 is 15.9 Å². The molecule has 0 fully saturated rings. The third-order valence-electron chi connectivity index (χ3n) is 1.69. The summed E-state index contributed by atoms with van der Waals surface area (Å²) >= 11 is 3.17. The quantitative estimate of drug-likeness (QED) is 0.788. The monoisotopic (exact) mass is 256 g/mol. The number of halogens is 2. The second-order valence-corrected chi connectivity index (χ2v) is 3.67. The summed E-state index contributed by atoms with van der Waals surface area (Å²) in [6.07, 6.45) is 0. The van der Waals surface area contributed by atoms with Crippen LogP contribution in [0.15, 0.2) is 27.1 Å². The molecule has 0 aliphatic heterocycles. The van der Waals surface area contributed by atoms with Gasteiger partial charge in [0.15, 0.2) is 0 Å². The maximum atomic E-state index is 13.4. The zero-order chi connectivity index (χ0) is 10.1. The Morgan fingerprint density at radius 2 is 2.14 bits per heavy atom. The molecule has 0 aliphatic carbocycles. The molecule has 0 saturated carbocycles. The molecule has 0 spiro atoms. The summed E-state index contributed by atoms with van der Waals surface area (Å²) in [6.45, 7) is 1.66. The fourth-order valence-corrected chi connectivity index (χ4v) is 1.40. The lowest BCUT2D eigenvalue weighted by Crippen LogP contribution is -1.84. The molecule has 1 heterocycles. The molecule has 3 nitrogen and oxygen atoms in total. The van der Waals surface area contributed by atoms with Gasteiger partial charge in [-0.1, -0.05) is 15.9 Å². The summed E-state index contributed by atoms with van der Waals surface area (Å²) in [5, 5.41) is 7.37. The van der Waals surface area contributed by atoms with Gasteiger partial charge in [-0.2, -0.15) is 0 Å². The predicted octanol–water partition coefficient (Wildman–Crippen LogP) is 2.95. The summed E-state index contributed by atoms with van der Waals surface area (Å²) in [5.74, 6) is 0.234. The van der Waals surface area contributed by atoms with E-state index in [2.05, 4.69) is 26.1 Å². The van der Waals surface area contributed by atoms with Crippen molar-refractivity contribution in [2.45, 2.75) is 6.92 Å². The van der Waals surface area contributed by atoms with E-state index in [1.807, 2.05) is 0 Å². The summed E-state index contributed by atoms with van der Waals surface area (Å²) in [4.78, 5) is 0. The van der Waals surface area contributed by atoms with Crippen molar-refractivity contribution < 1.29 is 8.81 Å². The average molecular weight is 257 g/mol. The van der Waals surface area contributed by atoms with Gasteiger partial charge in [-0.15, -0.1) is 10.2 Å². The van der Waals surface area contributed by atoms with Crippen LogP contribution in [0.4, 0.5) is 4.39 Å². The number of hydrogen-bond donors (Lipinski definition) is 0. The predicted molar refractivity (Wildman–Crippen MR) is 52.1 cm³/mol. The fraction of sp³-hybridized carbons (Fsp3) is 0.111. The van der Waals surface area contributed by atoms with Gasteiger partial charge in [0.1, 0.15) is 5.82 Å². The van der Waals surface area contributed by atoms with Crippen molar-refractivity contribution in [2.24, 2.45) is 0 Å². The SMILES string of the molecule is Cc1nnc(-c2ccc(Br)cc2F)o1. The molecule has 0 amide bonds. The number of benzene rings is 1. The van der Waals surface area contributed by atoms with Gasteiger partial charge in [0.2, 0.25) is 5.89 Å². The molecule has 14 heavy (non-hydrogen) atoms. The molecular formula is C9H6BrFN2O. The Bertz CT molecular complexity index is 470. The van der Waals surface area contributed by atoms with E-state index in [0.29, 0.717) is 15.9 Å².